The van der Waals surface area contributed by atoms with Gasteiger partial charge in [-0.3, -0.25) is 0 Å². The molecule has 1 heterocycles. The monoisotopic (exact) mass is 236 g/mol. The minimum atomic E-state index is -0.331. The molecule has 1 aromatic heterocycles. The molecule has 0 unspecified atom stereocenters. The van der Waals surface area contributed by atoms with E-state index in [-0.39, 0.29) is 11.4 Å². The van der Waals surface area contributed by atoms with E-state index in [1.54, 1.807) is 19.1 Å². The number of esters is 1. The smallest absolute Gasteiger partial charge is 0.339 e. The van der Waals surface area contributed by atoms with Crippen LogP contribution in [-0.2, 0) is 4.74 Å². The Kier molecular flexibility index (Phi) is 4.49. The molecule has 0 radical (unpaired) electrons. The summed E-state index contributed by atoms with van der Waals surface area (Å²) >= 11 is 0. The van der Waals surface area contributed by atoms with E-state index in [4.69, 9.17) is 4.74 Å². The lowest BCUT2D eigenvalue weighted by atomic mass is 9.97. The average Bonchev–Trinajstić information content (AvgIpc) is 2.26. The Labute approximate surface area is 102 Å². The summed E-state index contributed by atoms with van der Waals surface area (Å²) in [5.41, 5.74) is 0.676. The molecule has 0 spiro atoms. The third-order valence-corrected chi connectivity index (χ3v) is 2.07. The van der Waals surface area contributed by atoms with Gasteiger partial charge in [-0.05, 0) is 24.5 Å². The second-order valence-electron chi connectivity index (χ2n) is 5.07. The number of anilines is 1. The second kappa shape index (κ2) is 5.66. The highest BCUT2D eigenvalue weighted by atomic mass is 16.5. The first kappa shape index (κ1) is 13.5. The van der Waals surface area contributed by atoms with Gasteiger partial charge in [-0.2, -0.15) is 0 Å². The molecular formula is C13H20N2O2. The molecule has 0 bridgehead atoms. The summed E-state index contributed by atoms with van der Waals surface area (Å²) in [7, 11) is 0. The predicted molar refractivity (Wildman–Crippen MR) is 68.1 cm³/mol. The highest BCUT2D eigenvalue weighted by molar-refractivity contribution is 5.89. The largest absolute Gasteiger partial charge is 0.462 e. The SMILES string of the molecule is CCOC(=O)c1ccc(NCC(C)(C)C)nc1. The molecule has 0 aliphatic rings. The van der Waals surface area contributed by atoms with E-state index in [0.717, 1.165) is 12.4 Å². The summed E-state index contributed by atoms with van der Waals surface area (Å²) in [6.07, 6.45) is 1.53. The van der Waals surface area contributed by atoms with E-state index >= 15 is 0 Å². The van der Waals surface area contributed by atoms with Crippen LogP contribution in [0.25, 0.3) is 0 Å². The molecule has 0 aliphatic carbocycles. The van der Waals surface area contributed by atoms with Crippen LogP contribution in [0.2, 0.25) is 0 Å². The fourth-order valence-electron chi connectivity index (χ4n) is 1.19. The van der Waals surface area contributed by atoms with Gasteiger partial charge in [-0.25, -0.2) is 9.78 Å². The van der Waals surface area contributed by atoms with Crippen molar-refractivity contribution in [1.29, 1.82) is 0 Å². The Morgan fingerprint density at radius 1 is 1.41 bits per heavy atom. The summed E-state index contributed by atoms with van der Waals surface area (Å²) in [5, 5.41) is 3.22. The third kappa shape index (κ3) is 4.85. The Morgan fingerprint density at radius 3 is 2.59 bits per heavy atom. The van der Waals surface area contributed by atoms with Crippen LogP contribution >= 0.6 is 0 Å². The van der Waals surface area contributed by atoms with E-state index in [0.29, 0.717) is 12.2 Å². The minimum absolute atomic E-state index is 0.196. The molecule has 94 valence electrons. The molecule has 0 atom stereocenters. The summed E-state index contributed by atoms with van der Waals surface area (Å²) in [6, 6.07) is 3.51. The van der Waals surface area contributed by atoms with Crippen molar-refractivity contribution in [1.82, 2.24) is 4.98 Å². The topological polar surface area (TPSA) is 51.2 Å². The zero-order valence-electron chi connectivity index (χ0n) is 10.9. The molecule has 4 heteroatoms. The Hall–Kier alpha value is -1.58. The first-order valence-electron chi connectivity index (χ1n) is 5.79. The maximum atomic E-state index is 11.4. The highest BCUT2D eigenvalue weighted by Crippen LogP contribution is 2.14. The fraction of sp³-hybridized carbons (Fsp3) is 0.538. The van der Waals surface area contributed by atoms with Crippen LogP contribution in [0.3, 0.4) is 0 Å². The van der Waals surface area contributed by atoms with Crippen LogP contribution in [0.4, 0.5) is 5.82 Å². The minimum Gasteiger partial charge on any atom is -0.462 e. The van der Waals surface area contributed by atoms with Gasteiger partial charge in [0.2, 0.25) is 0 Å². The average molecular weight is 236 g/mol. The van der Waals surface area contributed by atoms with Crippen molar-refractivity contribution >= 4 is 11.8 Å². The molecular weight excluding hydrogens is 216 g/mol. The number of carbonyl (C=O) groups is 1. The standard InChI is InChI=1S/C13H20N2O2/c1-5-17-12(16)10-6-7-11(14-8-10)15-9-13(2,3)4/h6-8H,5,9H2,1-4H3,(H,14,15). The van der Waals surface area contributed by atoms with Crippen LogP contribution < -0.4 is 5.32 Å². The lowest BCUT2D eigenvalue weighted by Crippen LogP contribution is -2.19. The number of rotatable bonds is 4. The molecule has 1 rings (SSSR count). The van der Waals surface area contributed by atoms with Gasteiger partial charge < -0.3 is 10.1 Å². The molecule has 0 aliphatic heterocycles. The molecule has 4 nitrogen and oxygen atoms in total. The molecule has 1 aromatic rings. The number of nitrogens with one attached hydrogen (secondary N) is 1. The molecule has 0 saturated carbocycles. The molecule has 17 heavy (non-hydrogen) atoms. The summed E-state index contributed by atoms with van der Waals surface area (Å²) in [5.74, 6) is 0.440. The normalized spacial score (nSPS) is 11.1. The van der Waals surface area contributed by atoms with E-state index < -0.39 is 0 Å². The number of hydrogen-bond acceptors (Lipinski definition) is 4. The van der Waals surface area contributed by atoms with Gasteiger partial charge in [-0.1, -0.05) is 20.8 Å². The lowest BCUT2D eigenvalue weighted by Gasteiger charge is -2.19. The first-order chi connectivity index (χ1) is 7.92. The molecule has 0 fully saturated rings. The number of pyridine rings is 1. The number of nitrogens with zero attached hydrogens (tertiary/aromatic N) is 1. The summed E-state index contributed by atoms with van der Waals surface area (Å²) in [4.78, 5) is 15.6. The van der Waals surface area contributed by atoms with Crippen molar-refractivity contribution in [2.45, 2.75) is 27.7 Å². The van der Waals surface area contributed by atoms with Crippen LogP contribution in [0.1, 0.15) is 38.1 Å². The number of aromatic nitrogens is 1. The number of hydrogen-bond donors (Lipinski definition) is 1. The van der Waals surface area contributed by atoms with Crippen molar-refractivity contribution in [2.75, 3.05) is 18.5 Å². The quantitative estimate of drug-likeness (QED) is 0.817. The van der Waals surface area contributed by atoms with E-state index in [1.165, 1.54) is 6.20 Å². The predicted octanol–water partition coefficient (Wildman–Crippen LogP) is 2.72. The van der Waals surface area contributed by atoms with Gasteiger partial charge in [0.05, 0.1) is 12.2 Å². The van der Waals surface area contributed by atoms with Gasteiger partial charge in [0.1, 0.15) is 5.82 Å². The van der Waals surface area contributed by atoms with Crippen molar-refractivity contribution in [2.24, 2.45) is 5.41 Å². The van der Waals surface area contributed by atoms with Crippen molar-refractivity contribution in [3.63, 3.8) is 0 Å². The third-order valence-electron chi connectivity index (χ3n) is 2.07. The van der Waals surface area contributed by atoms with Gasteiger partial charge >= 0.3 is 5.97 Å². The molecule has 0 amide bonds. The molecule has 0 aromatic carbocycles. The van der Waals surface area contributed by atoms with Crippen LogP contribution in [-0.4, -0.2) is 24.1 Å². The zero-order chi connectivity index (χ0) is 12.9. The Bertz CT molecular complexity index is 366. The van der Waals surface area contributed by atoms with Gasteiger partial charge in [0.25, 0.3) is 0 Å². The highest BCUT2D eigenvalue weighted by Gasteiger charge is 2.10. The van der Waals surface area contributed by atoms with Crippen molar-refractivity contribution in [3.05, 3.63) is 23.9 Å². The maximum absolute atomic E-state index is 11.4. The number of carbonyl (C=O) groups excluding carboxylic acids is 1. The fourth-order valence-corrected chi connectivity index (χ4v) is 1.19. The van der Waals surface area contributed by atoms with Gasteiger partial charge in [-0.15, -0.1) is 0 Å². The van der Waals surface area contributed by atoms with E-state index in [9.17, 15) is 4.79 Å². The number of ether oxygens (including phenoxy) is 1. The van der Waals surface area contributed by atoms with E-state index in [1.807, 2.05) is 0 Å². The van der Waals surface area contributed by atoms with Crippen LogP contribution in [0.15, 0.2) is 18.3 Å². The van der Waals surface area contributed by atoms with Gasteiger partial charge in [0.15, 0.2) is 0 Å². The molecule has 0 saturated heterocycles. The maximum Gasteiger partial charge on any atom is 0.339 e. The van der Waals surface area contributed by atoms with Crippen LogP contribution in [0, 0.1) is 5.41 Å². The summed E-state index contributed by atoms with van der Waals surface area (Å²) < 4.78 is 4.88. The Balaban J connectivity index is 2.59. The lowest BCUT2D eigenvalue weighted by molar-refractivity contribution is 0.0526. The first-order valence-corrected chi connectivity index (χ1v) is 5.79. The summed E-state index contributed by atoms with van der Waals surface area (Å²) in [6.45, 7) is 9.43. The molecule has 1 N–H and O–H groups in total. The van der Waals surface area contributed by atoms with Crippen molar-refractivity contribution < 1.29 is 9.53 Å². The van der Waals surface area contributed by atoms with Crippen LogP contribution in [0.5, 0.6) is 0 Å². The van der Waals surface area contributed by atoms with Crippen molar-refractivity contribution in [3.8, 4) is 0 Å². The Morgan fingerprint density at radius 2 is 2.12 bits per heavy atom. The second-order valence-corrected chi connectivity index (χ2v) is 5.07. The van der Waals surface area contributed by atoms with Gasteiger partial charge in [0, 0.05) is 12.7 Å². The zero-order valence-corrected chi connectivity index (χ0v) is 10.9. The van der Waals surface area contributed by atoms with E-state index in [2.05, 4.69) is 31.1 Å².